The van der Waals surface area contributed by atoms with E-state index in [4.69, 9.17) is 0 Å². The number of para-hydroxylation sites is 2. The van der Waals surface area contributed by atoms with Crippen molar-refractivity contribution in [2.45, 2.75) is 32.2 Å². The van der Waals surface area contributed by atoms with E-state index < -0.39 is 11.0 Å². The molecule has 1 amide bonds. The number of aryl methyl sites for hydroxylation is 1. The maximum Gasteiger partial charge on any atom is 0.292 e. The second-order valence-electron chi connectivity index (χ2n) is 6.69. The van der Waals surface area contributed by atoms with Crippen molar-refractivity contribution in [2.24, 2.45) is 0 Å². The molecule has 0 saturated carbocycles. The maximum atomic E-state index is 13.0. The molecule has 1 saturated heterocycles. The molecule has 6 nitrogen and oxygen atoms in total. The Labute approximate surface area is 153 Å². The van der Waals surface area contributed by atoms with E-state index in [1.165, 1.54) is 6.07 Å². The molecule has 26 heavy (non-hydrogen) atoms. The van der Waals surface area contributed by atoms with Crippen molar-refractivity contribution in [1.82, 2.24) is 4.90 Å². The van der Waals surface area contributed by atoms with Crippen LogP contribution in [0.2, 0.25) is 0 Å². The Morgan fingerprint density at radius 2 is 1.81 bits per heavy atom. The van der Waals surface area contributed by atoms with Crippen LogP contribution < -0.4 is 5.32 Å². The lowest BCUT2D eigenvalue weighted by molar-refractivity contribution is -0.384. The summed E-state index contributed by atoms with van der Waals surface area (Å²) in [5, 5.41) is 14.4. The summed E-state index contributed by atoms with van der Waals surface area (Å²) in [4.78, 5) is 25.7. The molecule has 0 bridgehead atoms. The van der Waals surface area contributed by atoms with E-state index in [1.807, 2.05) is 36.1 Å². The summed E-state index contributed by atoms with van der Waals surface area (Å²) in [5.74, 6) is 0.00114. The average Bonchev–Trinajstić information content (AvgIpc) is 3.17. The molecule has 0 spiro atoms. The van der Waals surface area contributed by atoms with E-state index in [-0.39, 0.29) is 11.6 Å². The van der Waals surface area contributed by atoms with Gasteiger partial charge in [-0.05, 0) is 31.4 Å². The normalized spacial score (nSPS) is 14.9. The van der Waals surface area contributed by atoms with Gasteiger partial charge in [0.2, 0.25) is 5.91 Å². The summed E-state index contributed by atoms with van der Waals surface area (Å²) >= 11 is 0. The third-order valence-electron chi connectivity index (χ3n) is 4.71. The Kier molecular flexibility index (Phi) is 5.51. The van der Waals surface area contributed by atoms with Crippen molar-refractivity contribution in [2.75, 3.05) is 18.4 Å². The SMILES string of the molecule is Cc1ccc(C[C@H](Nc2ccccc2[N+](=O)[O-])C(=O)N2CCCC2)cc1. The number of anilines is 1. The van der Waals surface area contributed by atoms with E-state index in [2.05, 4.69) is 5.32 Å². The number of nitro groups is 1. The summed E-state index contributed by atoms with van der Waals surface area (Å²) < 4.78 is 0. The summed E-state index contributed by atoms with van der Waals surface area (Å²) in [6, 6.07) is 14.0. The third-order valence-corrected chi connectivity index (χ3v) is 4.71. The van der Waals surface area contributed by atoms with Crippen molar-refractivity contribution in [3.05, 3.63) is 69.8 Å². The van der Waals surface area contributed by atoms with Gasteiger partial charge in [-0.3, -0.25) is 14.9 Å². The topological polar surface area (TPSA) is 75.5 Å². The molecule has 6 heteroatoms. The molecular formula is C20H23N3O3. The molecular weight excluding hydrogens is 330 g/mol. The fourth-order valence-electron chi connectivity index (χ4n) is 3.26. The van der Waals surface area contributed by atoms with Gasteiger partial charge >= 0.3 is 0 Å². The maximum absolute atomic E-state index is 13.0. The van der Waals surface area contributed by atoms with Gasteiger partial charge in [-0.15, -0.1) is 0 Å². The lowest BCUT2D eigenvalue weighted by Crippen LogP contribution is -2.42. The van der Waals surface area contributed by atoms with Crippen LogP contribution in [0.5, 0.6) is 0 Å². The summed E-state index contributed by atoms with van der Waals surface area (Å²) in [6.45, 7) is 3.52. The smallest absolute Gasteiger partial charge is 0.292 e. The van der Waals surface area contributed by atoms with Gasteiger partial charge in [0.25, 0.3) is 5.69 Å². The van der Waals surface area contributed by atoms with Gasteiger partial charge in [-0.1, -0.05) is 42.0 Å². The quantitative estimate of drug-likeness (QED) is 0.636. The number of hydrogen-bond acceptors (Lipinski definition) is 4. The first-order valence-electron chi connectivity index (χ1n) is 8.89. The zero-order chi connectivity index (χ0) is 18.5. The number of rotatable bonds is 6. The predicted octanol–water partition coefficient (Wildman–Crippen LogP) is 3.55. The highest BCUT2D eigenvalue weighted by Gasteiger charge is 2.28. The fraction of sp³-hybridized carbons (Fsp3) is 0.350. The average molecular weight is 353 g/mol. The van der Waals surface area contributed by atoms with Crippen molar-refractivity contribution in [1.29, 1.82) is 0 Å². The molecule has 3 rings (SSSR count). The van der Waals surface area contributed by atoms with Crippen molar-refractivity contribution in [3.63, 3.8) is 0 Å². The number of nitrogens with one attached hydrogen (secondary N) is 1. The van der Waals surface area contributed by atoms with E-state index in [0.717, 1.165) is 37.1 Å². The van der Waals surface area contributed by atoms with E-state index in [0.29, 0.717) is 12.1 Å². The van der Waals surface area contributed by atoms with E-state index in [1.54, 1.807) is 18.2 Å². The zero-order valence-corrected chi connectivity index (χ0v) is 14.9. The van der Waals surface area contributed by atoms with E-state index in [9.17, 15) is 14.9 Å². The molecule has 2 aromatic carbocycles. The molecule has 1 atom stereocenters. The number of hydrogen-bond donors (Lipinski definition) is 1. The van der Waals surface area contributed by atoms with Crippen LogP contribution in [0.4, 0.5) is 11.4 Å². The second-order valence-corrected chi connectivity index (χ2v) is 6.69. The Hall–Kier alpha value is -2.89. The fourth-order valence-corrected chi connectivity index (χ4v) is 3.26. The van der Waals surface area contributed by atoms with Gasteiger partial charge in [0, 0.05) is 25.6 Å². The molecule has 2 aromatic rings. The van der Waals surface area contributed by atoms with Gasteiger partial charge < -0.3 is 10.2 Å². The molecule has 1 N–H and O–H groups in total. The second kappa shape index (κ2) is 7.99. The molecule has 1 heterocycles. The Balaban J connectivity index is 1.86. The first kappa shape index (κ1) is 17.9. The molecule has 0 radical (unpaired) electrons. The van der Waals surface area contributed by atoms with Crippen LogP contribution in [0.25, 0.3) is 0 Å². The minimum Gasteiger partial charge on any atom is -0.368 e. The van der Waals surface area contributed by atoms with Gasteiger partial charge in [0.05, 0.1) is 4.92 Å². The Morgan fingerprint density at radius 3 is 2.46 bits per heavy atom. The standard InChI is InChI=1S/C20H23N3O3/c1-15-8-10-16(11-9-15)14-18(20(24)22-12-4-5-13-22)21-17-6-2-3-7-19(17)23(25)26/h2-3,6-11,18,21H,4-5,12-14H2,1H3/t18-/m0/s1. The highest BCUT2D eigenvalue weighted by Crippen LogP contribution is 2.25. The lowest BCUT2D eigenvalue weighted by atomic mass is 10.0. The highest BCUT2D eigenvalue weighted by atomic mass is 16.6. The van der Waals surface area contributed by atoms with Crippen molar-refractivity contribution < 1.29 is 9.72 Å². The molecule has 1 fully saturated rings. The molecule has 0 aliphatic carbocycles. The molecule has 0 aromatic heterocycles. The number of likely N-dealkylation sites (tertiary alicyclic amines) is 1. The molecule has 1 aliphatic heterocycles. The minimum absolute atomic E-state index is 0.00114. The molecule has 1 aliphatic rings. The molecule has 0 unspecified atom stereocenters. The zero-order valence-electron chi connectivity index (χ0n) is 14.9. The number of nitro benzene ring substituents is 1. The van der Waals surface area contributed by atoms with Crippen LogP contribution in [0.1, 0.15) is 24.0 Å². The summed E-state index contributed by atoms with van der Waals surface area (Å²) in [7, 11) is 0. The van der Waals surface area contributed by atoms with E-state index >= 15 is 0 Å². The van der Waals surface area contributed by atoms with Gasteiger partial charge in [-0.25, -0.2) is 0 Å². The van der Waals surface area contributed by atoms with Crippen molar-refractivity contribution in [3.8, 4) is 0 Å². The number of nitrogens with zero attached hydrogens (tertiary/aromatic N) is 2. The first-order chi connectivity index (χ1) is 12.5. The van der Waals surface area contributed by atoms with Crippen LogP contribution in [-0.4, -0.2) is 34.9 Å². The molecule has 136 valence electrons. The first-order valence-corrected chi connectivity index (χ1v) is 8.89. The van der Waals surface area contributed by atoms with Crippen LogP contribution in [-0.2, 0) is 11.2 Å². The third kappa shape index (κ3) is 4.20. The number of benzene rings is 2. The summed E-state index contributed by atoms with van der Waals surface area (Å²) in [5.41, 5.74) is 2.54. The van der Waals surface area contributed by atoms with Gasteiger partial charge in [0.1, 0.15) is 11.7 Å². The van der Waals surface area contributed by atoms with Gasteiger partial charge in [0.15, 0.2) is 0 Å². The van der Waals surface area contributed by atoms with Crippen LogP contribution >= 0.6 is 0 Å². The Morgan fingerprint density at radius 1 is 1.15 bits per heavy atom. The van der Waals surface area contributed by atoms with Gasteiger partial charge in [-0.2, -0.15) is 0 Å². The number of carbonyl (C=O) groups is 1. The van der Waals surface area contributed by atoms with Crippen molar-refractivity contribution >= 4 is 17.3 Å². The van der Waals surface area contributed by atoms with Crippen LogP contribution in [0.15, 0.2) is 48.5 Å². The predicted molar refractivity (Wildman–Crippen MR) is 101 cm³/mol. The highest BCUT2D eigenvalue weighted by molar-refractivity contribution is 5.86. The Bertz CT molecular complexity index is 783. The number of amides is 1. The van der Waals surface area contributed by atoms with Crippen LogP contribution in [0.3, 0.4) is 0 Å². The largest absolute Gasteiger partial charge is 0.368 e. The minimum atomic E-state index is -0.531. The monoisotopic (exact) mass is 353 g/mol. The summed E-state index contributed by atoms with van der Waals surface area (Å²) in [6.07, 6.45) is 2.50. The lowest BCUT2D eigenvalue weighted by Gasteiger charge is -2.25. The van der Waals surface area contributed by atoms with Crippen LogP contribution in [0, 0.1) is 17.0 Å². The number of carbonyl (C=O) groups excluding carboxylic acids is 1.